The Morgan fingerprint density at radius 1 is 0.519 bits per heavy atom. The maximum atomic E-state index is 13.7. The zero-order valence-corrected chi connectivity index (χ0v) is 45.5. The molecule has 2 aliphatic rings. The Morgan fingerprint density at radius 3 is 1.38 bits per heavy atom. The van der Waals surface area contributed by atoms with Crippen LogP contribution in [0.4, 0.5) is 0 Å². The minimum Gasteiger partial charge on any atom is -0.494 e. The van der Waals surface area contributed by atoms with Gasteiger partial charge in [-0.1, -0.05) is 36.6 Å². The van der Waals surface area contributed by atoms with E-state index in [9.17, 15) is 28.8 Å². The number of carbonyl (C=O) groups is 6. The van der Waals surface area contributed by atoms with E-state index in [1.807, 2.05) is 35.9 Å². The summed E-state index contributed by atoms with van der Waals surface area (Å²) >= 11 is 1.47. The Hall–Kier alpha value is -7.86. The second-order valence-corrected chi connectivity index (χ2v) is 20.5. The van der Waals surface area contributed by atoms with Crippen LogP contribution in [0.5, 0.6) is 34.5 Å². The van der Waals surface area contributed by atoms with E-state index < -0.39 is 35.7 Å². The van der Waals surface area contributed by atoms with E-state index in [0.29, 0.717) is 111 Å². The van der Waals surface area contributed by atoms with Crippen LogP contribution in [-0.2, 0) is 45.3 Å². The quantitative estimate of drug-likeness (QED) is 0.0114. The highest BCUT2D eigenvalue weighted by Crippen LogP contribution is 2.35. The molecular formula is C61H69N3O14S. The minimum absolute atomic E-state index is 0.206. The van der Waals surface area contributed by atoms with Gasteiger partial charge in [0, 0.05) is 24.8 Å². The first-order valence-electron chi connectivity index (χ1n) is 27.1. The average Bonchev–Trinajstić information content (AvgIpc) is 3.82. The third-order valence-corrected chi connectivity index (χ3v) is 14.9. The molecule has 2 saturated carbocycles. The van der Waals surface area contributed by atoms with Crippen molar-refractivity contribution < 1.29 is 66.7 Å². The molecule has 1 aromatic heterocycles. The standard InChI is InChI=1S/C61H69N3O14S/c1-4-55(65)73-38-14-8-6-12-36-71-47-26-30-49(31-27-47)75-57(67)42-18-20-44(21-19-42)59(69)77-51-34-35-53(46(40-51)41-62-63-61-64(3)52-16-10-11-17-54(52)79-61)78-60(70)45-24-22-43(23-25-45)58(68)76-50-32-28-48(29-33-50)72-37-13-7-9-15-39-74-56(66)5-2/h4-5,10-11,16-17,26-35,40-45H,1-2,6-9,12-15,18-25,36-39H2,3H3/b62-41+,63-61-. The van der Waals surface area contributed by atoms with Gasteiger partial charge in [0.05, 0.1) is 66.5 Å². The number of ether oxygens (including phenoxy) is 8. The fourth-order valence-corrected chi connectivity index (χ4v) is 10.2. The number of aromatic nitrogens is 1. The third-order valence-electron chi connectivity index (χ3n) is 13.8. The summed E-state index contributed by atoms with van der Waals surface area (Å²) in [7, 11) is 1.90. The Morgan fingerprint density at radius 2 is 0.924 bits per heavy atom. The molecule has 0 amide bonds. The normalized spacial score (nSPS) is 17.3. The molecular weight excluding hydrogens is 1030 g/mol. The van der Waals surface area contributed by atoms with Gasteiger partial charge in [-0.25, -0.2) is 9.59 Å². The maximum absolute atomic E-state index is 13.7. The molecule has 79 heavy (non-hydrogen) atoms. The fourth-order valence-electron chi connectivity index (χ4n) is 9.19. The van der Waals surface area contributed by atoms with Gasteiger partial charge in [-0.05, 0) is 182 Å². The summed E-state index contributed by atoms with van der Waals surface area (Å²) in [5.41, 5.74) is 1.37. The van der Waals surface area contributed by atoms with Crippen molar-refractivity contribution in [3.8, 4) is 34.5 Å². The summed E-state index contributed by atoms with van der Waals surface area (Å²) in [6.07, 6.45) is 14.2. The molecule has 0 spiro atoms. The van der Waals surface area contributed by atoms with Crippen molar-refractivity contribution in [3.05, 3.63) is 127 Å². The smallest absolute Gasteiger partial charge is 0.330 e. The van der Waals surface area contributed by atoms with E-state index >= 15 is 0 Å². The third kappa shape index (κ3) is 18.7. The molecule has 0 N–H and O–H groups in total. The van der Waals surface area contributed by atoms with E-state index in [-0.39, 0.29) is 35.3 Å². The van der Waals surface area contributed by atoms with Crippen LogP contribution < -0.4 is 33.2 Å². The fraction of sp³-hybridized carbons (Fsp3) is 0.410. The van der Waals surface area contributed by atoms with E-state index in [2.05, 4.69) is 23.4 Å². The van der Waals surface area contributed by atoms with Crippen LogP contribution in [0.2, 0.25) is 0 Å². The SMILES string of the molecule is C=CC(=O)OCCCCCCOc1ccc(OC(=O)C2CCC(C(=O)Oc3ccc(OC(=O)C4CCC(C(=O)Oc5ccc(OCCCCCCOC(=O)C=C)cc5)CC4)c(/C=N/N=c4\sc5ccccc5n4C)c3)CC2)cc1. The molecule has 0 radical (unpaired) electrons. The number of fused-ring (bicyclic) bond motifs is 1. The zero-order chi connectivity index (χ0) is 55.8. The predicted octanol–water partition coefficient (Wildman–Crippen LogP) is 11.1. The maximum Gasteiger partial charge on any atom is 0.330 e. The van der Waals surface area contributed by atoms with Crippen molar-refractivity contribution in [2.24, 2.45) is 40.9 Å². The molecule has 18 heteroatoms. The highest BCUT2D eigenvalue weighted by molar-refractivity contribution is 7.16. The van der Waals surface area contributed by atoms with Crippen LogP contribution >= 0.6 is 11.3 Å². The number of esters is 6. The highest BCUT2D eigenvalue weighted by atomic mass is 32.1. The number of carbonyl (C=O) groups excluding carboxylic acids is 6. The first kappa shape index (κ1) is 58.8. The lowest BCUT2D eigenvalue weighted by Crippen LogP contribution is -2.30. The summed E-state index contributed by atoms with van der Waals surface area (Å²) in [6.45, 7) is 8.57. The number of thiazole rings is 1. The van der Waals surface area contributed by atoms with E-state index in [1.54, 1.807) is 66.7 Å². The second-order valence-electron chi connectivity index (χ2n) is 19.4. The summed E-state index contributed by atoms with van der Waals surface area (Å²) in [6, 6.07) is 26.4. The number of rotatable bonds is 28. The number of hydrogen-bond donors (Lipinski definition) is 0. The van der Waals surface area contributed by atoms with Crippen molar-refractivity contribution in [2.75, 3.05) is 26.4 Å². The van der Waals surface area contributed by atoms with Crippen LogP contribution in [0.1, 0.15) is 108 Å². The molecule has 4 aromatic carbocycles. The monoisotopic (exact) mass is 1100 g/mol. The highest BCUT2D eigenvalue weighted by Gasteiger charge is 2.34. The molecule has 2 fully saturated rings. The lowest BCUT2D eigenvalue weighted by Gasteiger charge is -2.26. The van der Waals surface area contributed by atoms with Gasteiger partial charge < -0.3 is 42.5 Å². The van der Waals surface area contributed by atoms with E-state index in [4.69, 9.17) is 37.9 Å². The van der Waals surface area contributed by atoms with Crippen molar-refractivity contribution in [3.63, 3.8) is 0 Å². The van der Waals surface area contributed by atoms with Gasteiger partial charge in [0.15, 0.2) is 0 Å². The zero-order valence-electron chi connectivity index (χ0n) is 44.7. The molecule has 2 aliphatic carbocycles. The van der Waals surface area contributed by atoms with Crippen molar-refractivity contribution >= 4 is 63.6 Å². The Bertz CT molecular complexity index is 2970. The van der Waals surface area contributed by atoms with E-state index in [1.165, 1.54) is 17.6 Å². The minimum atomic E-state index is -0.464. The van der Waals surface area contributed by atoms with Gasteiger partial charge in [0.1, 0.15) is 34.5 Å². The predicted molar refractivity (Wildman–Crippen MR) is 297 cm³/mol. The van der Waals surface area contributed by atoms with Crippen LogP contribution in [0.25, 0.3) is 10.2 Å². The molecule has 0 aliphatic heterocycles. The molecule has 0 bridgehead atoms. The number of para-hydroxylation sites is 1. The van der Waals surface area contributed by atoms with Crippen LogP contribution in [-0.4, -0.2) is 73.0 Å². The van der Waals surface area contributed by atoms with Crippen molar-refractivity contribution in [2.45, 2.75) is 103 Å². The van der Waals surface area contributed by atoms with Gasteiger partial charge in [0.2, 0.25) is 4.80 Å². The van der Waals surface area contributed by atoms with Crippen LogP contribution in [0.15, 0.2) is 127 Å². The molecule has 0 saturated heterocycles. The van der Waals surface area contributed by atoms with Gasteiger partial charge >= 0.3 is 35.8 Å². The summed E-state index contributed by atoms with van der Waals surface area (Å²) in [5, 5.41) is 8.84. The van der Waals surface area contributed by atoms with Crippen molar-refractivity contribution in [1.29, 1.82) is 0 Å². The van der Waals surface area contributed by atoms with Crippen molar-refractivity contribution in [1.82, 2.24) is 4.57 Å². The Kier molecular flexibility index (Phi) is 23.0. The average molecular weight is 1100 g/mol. The van der Waals surface area contributed by atoms with Crippen LogP contribution in [0.3, 0.4) is 0 Å². The largest absolute Gasteiger partial charge is 0.494 e. The molecule has 17 nitrogen and oxygen atoms in total. The molecule has 7 rings (SSSR count). The number of hydrogen-bond acceptors (Lipinski definition) is 17. The first-order chi connectivity index (χ1) is 38.5. The number of benzene rings is 4. The first-order valence-corrected chi connectivity index (χ1v) is 27.9. The van der Waals surface area contributed by atoms with Crippen LogP contribution in [0, 0.1) is 23.7 Å². The summed E-state index contributed by atoms with van der Waals surface area (Å²) in [5.74, 6) is -1.52. The summed E-state index contributed by atoms with van der Waals surface area (Å²) in [4.78, 5) is 76.6. The lowest BCUT2D eigenvalue weighted by atomic mass is 9.82. The molecule has 0 atom stereocenters. The molecule has 0 unspecified atom stereocenters. The topological polar surface area (TPSA) is 206 Å². The Labute approximate surface area is 464 Å². The van der Waals surface area contributed by atoms with Gasteiger partial charge in [-0.2, -0.15) is 5.10 Å². The van der Waals surface area contributed by atoms with E-state index in [0.717, 1.165) is 73.7 Å². The lowest BCUT2D eigenvalue weighted by molar-refractivity contribution is -0.145. The molecule has 418 valence electrons. The van der Waals surface area contributed by atoms with Gasteiger partial charge in [0.25, 0.3) is 0 Å². The number of nitrogens with zero attached hydrogens (tertiary/aromatic N) is 3. The summed E-state index contributed by atoms with van der Waals surface area (Å²) < 4.78 is 47.9. The Balaban J connectivity index is 0.871. The number of unbranched alkanes of at least 4 members (excludes halogenated alkanes) is 6. The van der Waals surface area contributed by atoms with Gasteiger partial charge in [-0.3, -0.25) is 19.2 Å². The number of aryl methyl sites for hydroxylation is 1. The van der Waals surface area contributed by atoms with Gasteiger partial charge in [-0.15, -0.1) is 5.10 Å². The molecule has 1 heterocycles. The second kappa shape index (κ2) is 30.9. The molecule has 5 aromatic rings.